The van der Waals surface area contributed by atoms with Gasteiger partial charge in [-0.05, 0) is 26.0 Å². The molecule has 120 valence electrons. The standard InChI is InChI=1S/C17H20N4OS/c1-4-15-19-21-16(22)9-14(18-17(21)23-15)11-20(3)10-13-7-5-12(2)6-8-13/h5-9H,4,10-11H2,1-3H3. The molecule has 23 heavy (non-hydrogen) atoms. The first-order valence-corrected chi connectivity index (χ1v) is 8.49. The Morgan fingerprint density at radius 1 is 1.22 bits per heavy atom. The van der Waals surface area contributed by atoms with E-state index in [1.807, 2.05) is 14.0 Å². The molecular formula is C17H20N4OS. The topological polar surface area (TPSA) is 50.5 Å². The van der Waals surface area contributed by atoms with Gasteiger partial charge in [-0.3, -0.25) is 9.69 Å². The summed E-state index contributed by atoms with van der Waals surface area (Å²) in [5.74, 6) is 0. The maximum Gasteiger partial charge on any atom is 0.275 e. The van der Waals surface area contributed by atoms with Crippen molar-refractivity contribution in [2.45, 2.75) is 33.4 Å². The SMILES string of the molecule is CCc1nn2c(=O)cc(CN(C)Cc3ccc(C)cc3)nc2s1. The van der Waals surface area contributed by atoms with E-state index < -0.39 is 0 Å². The first-order valence-electron chi connectivity index (χ1n) is 7.68. The molecule has 0 fully saturated rings. The van der Waals surface area contributed by atoms with Crippen molar-refractivity contribution in [2.24, 2.45) is 0 Å². The summed E-state index contributed by atoms with van der Waals surface area (Å²) in [4.78, 5) is 19.6. The van der Waals surface area contributed by atoms with Crippen LogP contribution in [0.15, 0.2) is 35.1 Å². The second-order valence-electron chi connectivity index (χ2n) is 5.79. The number of hydrogen-bond acceptors (Lipinski definition) is 5. The van der Waals surface area contributed by atoms with E-state index in [0.717, 1.165) is 23.7 Å². The van der Waals surface area contributed by atoms with Gasteiger partial charge in [0.2, 0.25) is 4.96 Å². The zero-order chi connectivity index (χ0) is 16.4. The predicted octanol–water partition coefficient (Wildman–Crippen LogP) is 2.65. The zero-order valence-electron chi connectivity index (χ0n) is 13.6. The van der Waals surface area contributed by atoms with E-state index in [1.165, 1.54) is 27.0 Å². The van der Waals surface area contributed by atoms with Gasteiger partial charge in [-0.25, -0.2) is 4.98 Å². The highest BCUT2D eigenvalue weighted by Gasteiger charge is 2.10. The van der Waals surface area contributed by atoms with Gasteiger partial charge in [-0.2, -0.15) is 9.61 Å². The molecule has 0 aliphatic carbocycles. The molecule has 0 spiro atoms. The quantitative estimate of drug-likeness (QED) is 0.722. The summed E-state index contributed by atoms with van der Waals surface area (Å²) in [5.41, 5.74) is 3.19. The summed E-state index contributed by atoms with van der Waals surface area (Å²) < 4.78 is 1.40. The molecule has 6 heteroatoms. The molecule has 0 unspecified atom stereocenters. The van der Waals surface area contributed by atoms with Crippen LogP contribution in [0.3, 0.4) is 0 Å². The van der Waals surface area contributed by atoms with Gasteiger partial charge in [0.15, 0.2) is 0 Å². The van der Waals surface area contributed by atoms with Gasteiger partial charge in [0.25, 0.3) is 5.56 Å². The Hall–Kier alpha value is -2.05. The van der Waals surface area contributed by atoms with Crippen molar-refractivity contribution in [3.05, 3.63) is 62.5 Å². The molecule has 0 bridgehead atoms. The zero-order valence-corrected chi connectivity index (χ0v) is 14.4. The van der Waals surface area contributed by atoms with Crippen molar-refractivity contribution < 1.29 is 0 Å². The van der Waals surface area contributed by atoms with Gasteiger partial charge in [-0.1, -0.05) is 48.1 Å². The molecule has 0 atom stereocenters. The number of benzene rings is 1. The van der Waals surface area contributed by atoms with E-state index in [2.05, 4.69) is 46.2 Å². The molecule has 0 aliphatic rings. The van der Waals surface area contributed by atoms with Gasteiger partial charge in [0.05, 0.1) is 5.69 Å². The lowest BCUT2D eigenvalue weighted by Crippen LogP contribution is -2.21. The highest BCUT2D eigenvalue weighted by atomic mass is 32.1. The summed E-state index contributed by atoms with van der Waals surface area (Å²) >= 11 is 1.48. The van der Waals surface area contributed by atoms with Crippen LogP contribution in [-0.2, 0) is 19.5 Å². The third-order valence-corrected chi connectivity index (χ3v) is 4.70. The fourth-order valence-electron chi connectivity index (χ4n) is 2.46. The van der Waals surface area contributed by atoms with Crippen molar-refractivity contribution in [3.8, 4) is 0 Å². The molecule has 1 aromatic carbocycles. The monoisotopic (exact) mass is 328 g/mol. The first-order chi connectivity index (χ1) is 11.0. The van der Waals surface area contributed by atoms with Crippen molar-refractivity contribution in [2.75, 3.05) is 7.05 Å². The molecule has 0 saturated heterocycles. The molecule has 2 aromatic heterocycles. The lowest BCUT2D eigenvalue weighted by Gasteiger charge is -2.16. The normalized spacial score (nSPS) is 11.5. The maximum absolute atomic E-state index is 12.2. The Morgan fingerprint density at radius 2 is 1.96 bits per heavy atom. The average molecular weight is 328 g/mol. The number of rotatable bonds is 5. The highest BCUT2D eigenvalue weighted by molar-refractivity contribution is 7.16. The Bertz CT molecular complexity index is 866. The van der Waals surface area contributed by atoms with E-state index in [4.69, 9.17) is 0 Å². The number of aryl methyl sites for hydroxylation is 2. The van der Waals surface area contributed by atoms with Crippen molar-refractivity contribution in [1.82, 2.24) is 19.5 Å². The lowest BCUT2D eigenvalue weighted by molar-refractivity contribution is 0.315. The average Bonchev–Trinajstić information content (AvgIpc) is 2.93. The summed E-state index contributed by atoms with van der Waals surface area (Å²) in [7, 11) is 2.04. The van der Waals surface area contributed by atoms with Crippen LogP contribution < -0.4 is 5.56 Å². The van der Waals surface area contributed by atoms with Crippen LogP contribution in [0.25, 0.3) is 4.96 Å². The molecule has 2 heterocycles. The van der Waals surface area contributed by atoms with Crippen molar-refractivity contribution >= 4 is 16.3 Å². The smallest absolute Gasteiger partial charge is 0.275 e. The van der Waals surface area contributed by atoms with E-state index in [9.17, 15) is 4.79 Å². The van der Waals surface area contributed by atoms with E-state index in [0.29, 0.717) is 11.5 Å². The van der Waals surface area contributed by atoms with Gasteiger partial charge >= 0.3 is 0 Å². The minimum Gasteiger partial charge on any atom is -0.296 e. The van der Waals surface area contributed by atoms with Gasteiger partial charge < -0.3 is 0 Å². The van der Waals surface area contributed by atoms with Crippen molar-refractivity contribution in [3.63, 3.8) is 0 Å². The molecular weight excluding hydrogens is 308 g/mol. The number of nitrogens with zero attached hydrogens (tertiary/aromatic N) is 4. The fraction of sp³-hybridized carbons (Fsp3) is 0.353. The predicted molar refractivity (Wildman–Crippen MR) is 92.9 cm³/mol. The van der Waals surface area contributed by atoms with E-state index >= 15 is 0 Å². The second kappa shape index (κ2) is 6.60. The Balaban J connectivity index is 1.77. The van der Waals surface area contributed by atoms with Crippen LogP contribution in [-0.4, -0.2) is 26.5 Å². The minimum atomic E-state index is -0.107. The summed E-state index contributed by atoms with van der Waals surface area (Å²) in [6, 6.07) is 10.1. The van der Waals surface area contributed by atoms with Gasteiger partial charge in [-0.15, -0.1) is 0 Å². The van der Waals surface area contributed by atoms with Crippen LogP contribution in [0.5, 0.6) is 0 Å². The van der Waals surface area contributed by atoms with Gasteiger partial charge in [0, 0.05) is 19.2 Å². The lowest BCUT2D eigenvalue weighted by atomic mass is 10.1. The highest BCUT2D eigenvalue weighted by Crippen LogP contribution is 2.13. The van der Waals surface area contributed by atoms with Crippen LogP contribution >= 0.6 is 11.3 Å². The third kappa shape index (κ3) is 3.65. The van der Waals surface area contributed by atoms with Crippen molar-refractivity contribution in [1.29, 1.82) is 0 Å². The summed E-state index contributed by atoms with van der Waals surface area (Å²) in [6.07, 6.45) is 0.816. The summed E-state index contributed by atoms with van der Waals surface area (Å²) in [6.45, 7) is 5.57. The third-order valence-electron chi connectivity index (χ3n) is 3.65. The van der Waals surface area contributed by atoms with Crippen LogP contribution in [0.2, 0.25) is 0 Å². The number of hydrogen-bond donors (Lipinski definition) is 0. The first kappa shape index (κ1) is 15.8. The van der Waals surface area contributed by atoms with Crippen LogP contribution in [0.1, 0.15) is 28.8 Å². The Labute approximate surface area is 139 Å². The molecule has 0 saturated carbocycles. The van der Waals surface area contributed by atoms with Crippen LogP contribution in [0, 0.1) is 6.92 Å². The maximum atomic E-state index is 12.2. The molecule has 0 N–H and O–H groups in total. The largest absolute Gasteiger partial charge is 0.296 e. The van der Waals surface area contributed by atoms with Gasteiger partial charge in [0.1, 0.15) is 5.01 Å². The number of fused-ring (bicyclic) bond motifs is 1. The second-order valence-corrected chi connectivity index (χ2v) is 6.83. The molecule has 5 nitrogen and oxygen atoms in total. The van der Waals surface area contributed by atoms with E-state index in [1.54, 1.807) is 6.07 Å². The summed E-state index contributed by atoms with van der Waals surface area (Å²) in [5, 5.41) is 5.20. The molecule has 3 aromatic rings. The van der Waals surface area contributed by atoms with E-state index in [-0.39, 0.29) is 5.56 Å². The minimum absolute atomic E-state index is 0.107. The molecule has 3 rings (SSSR count). The Morgan fingerprint density at radius 3 is 2.65 bits per heavy atom. The number of aromatic nitrogens is 3. The Kier molecular flexibility index (Phi) is 4.54. The molecule has 0 aliphatic heterocycles. The molecule has 0 amide bonds. The van der Waals surface area contributed by atoms with Crippen LogP contribution in [0.4, 0.5) is 0 Å². The fourth-order valence-corrected chi connectivity index (χ4v) is 3.32. The molecule has 0 radical (unpaired) electrons.